The summed E-state index contributed by atoms with van der Waals surface area (Å²) in [4.78, 5) is 18.8. The van der Waals surface area contributed by atoms with Crippen LogP contribution in [0, 0.1) is 0 Å². The van der Waals surface area contributed by atoms with E-state index in [1.165, 1.54) is 11.1 Å². The van der Waals surface area contributed by atoms with Crippen molar-refractivity contribution in [3.05, 3.63) is 29.5 Å². The first-order valence-corrected chi connectivity index (χ1v) is 10.1. The molecule has 1 aliphatic heterocycles. The largest absolute Gasteiger partial charge is 0.496 e. The summed E-state index contributed by atoms with van der Waals surface area (Å²) in [5.41, 5.74) is -1.17. The predicted octanol–water partition coefficient (Wildman–Crippen LogP) is 3.84. The van der Waals surface area contributed by atoms with E-state index in [1.54, 1.807) is 50.8 Å². The van der Waals surface area contributed by atoms with Gasteiger partial charge in [0.2, 0.25) is 0 Å². The summed E-state index contributed by atoms with van der Waals surface area (Å²) in [6, 6.07) is 3.38. The summed E-state index contributed by atoms with van der Waals surface area (Å²) in [6.45, 7) is 13.3. The summed E-state index contributed by atoms with van der Waals surface area (Å²) in [5, 5.41) is 4.54. The van der Waals surface area contributed by atoms with Crippen molar-refractivity contribution in [3.63, 3.8) is 0 Å². The second kappa shape index (κ2) is 7.55. The fourth-order valence-corrected chi connectivity index (χ4v) is 3.11. The van der Waals surface area contributed by atoms with E-state index in [4.69, 9.17) is 25.6 Å². The molecule has 1 amide bonds. The van der Waals surface area contributed by atoms with Crippen molar-refractivity contribution in [3.8, 4) is 0 Å². The molecule has 3 heterocycles. The fourth-order valence-electron chi connectivity index (χ4n) is 2.91. The third-order valence-corrected chi connectivity index (χ3v) is 5.52. The zero-order chi connectivity index (χ0) is 22.5. The summed E-state index contributed by atoms with van der Waals surface area (Å²) in [6.07, 6.45) is 2.49. The van der Waals surface area contributed by atoms with Gasteiger partial charge in [-0.15, -0.1) is 0 Å². The third kappa shape index (κ3) is 4.33. The van der Waals surface area contributed by atoms with E-state index in [0.717, 1.165) is 0 Å². The zero-order valence-corrected chi connectivity index (χ0v) is 19.4. The lowest BCUT2D eigenvalue weighted by Gasteiger charge is -2.32. The Hall–Kier alpha value is -2.10. The molecule has 0 atom stereocenters. The van der Waals surface area contributed by atoms with Crippen LogP contribution in [0.25, 0.3) is 0 Å². The van der Waals surface area contributed by atoms with Crippen LogP contribution >= 0.6 is 11.6 Å². The Morgan fingerprint density at radius 1 is 1.23 bits per heavy atom. The quantitative estimate of drug-likeness (QED) is 0.683. The Bertz CT molecular complexity index is 939. The van der Waals surface area contributed by atoms with E-state index < -0.39 is 30.0 Å². The molecule has 0 radical (unpaired) electrons. The van der Waals surface area contributed by atoms with Crippen molar-refractivity contribution >= 4 is 41.9 Å². The second-order valence-electron chi connectivity index (χ2n) is 9.28. The maximum Gasteiger partial charge on any atom is 0.496 e. The van der Waals surface area contributed by atoms with Gasteiger partial charge in [-0.25, -0.2) is 14.7 Å². The lowest BCUT2D eigenvalue weighted by atomic mass is 9.79. The normalized spacial score (nSPS) is 17.8. The molecule has 0 bridgehead atoms. The molecule has 0 spiro atoms. The SMILES string of the molecule is Cn1nccc1N(C(=O)OC(C)(C)C)c1cc(B2OC(C)(C)C(C)(C)O2)c(Cl)cn1. The Balaban J connectivity index is 2.05. The Labute approximate surface area is 182 Å². The van der Waals surface area contributed by atoms with Crippen LogP contribution in [0.1, 0.15) is 48.5 Å². The van der Waals surface area contributed by atoms with E-state index in [9.17, 15) is 4.79 Å². The Morgan fingerprint density at radius 3 is 2.33 bits per heavy atom. The van der Waals surface area contributed by atoms with Gasteiger partial charge >= 0.3 is 13.2 Å². The van der Waals surface area contributed by atoms with Gasteiger partial charge in [0.05, 0.1) is 22.4 Å². The van der Waals surface area contributed by atoms with Gasteiger partial charge in [0.1, 0.15) is 17.2 Å². The minimum atomic E-state index is -0.698. The first-order valence-electron chi connectivity index (χ1n) is 9.74. The molecule has 0 aromatic carbocycles. The van der Waals surface area contributed by atoms with Crippen LogP contribution in [0.2, 0.25) is 5.02 Å². The zero-order valence-electron chi connectivity index (χ0n) is 18.7. The van der Waals surface area contributed by atoms with Crippen LogP contribution in [-0.4, -0.2) is 44.8 Å². The van der Waals surface area contributed by atoms with E-state index in [-0.39, 0.29) is 0 Å². The minimum absolute atomic E-state index is 0.321. The smallest absolute Gasteiger partial charge is 0.443 e. The van der Waals surface area contributed by atoms with E-state index in [0.29, 0.717) is 22.1 Å². The maximum absolute atomic E-state index is 13.1. The summed E-state index contributed by atoms with van der Waals surface area (Å²) in [5.74, 6) is 0.820. The van der Waals surface area contributed by atoms with Gasteiger partial charge in [-0.3, -0.25) is 4.68 Å². The fraction of sp³-hybridized carbons (Fsp3) is 0.550. The molecule has 0 aliphatic carbocycles. The summed E-state index contributed by atoms with van der Waals surface area (Å²) < 4.78 is 19.4. The minimum Gasteiger partial charge on any atom is -0.443 e. The number of hydrogen-bond acceptors (Lipinski definition) is 6. The number of amides is 1. The van der Waals surface area contributed by atoms with Crippen molar-refractivity contribution < 1.29 is 18.8 Å². The van der Waals surface area contributed by atoms with Crippen molar-refractivity contribution in [2.45, 2.75) is 65.3 Å². The highest BCUT2D eigenvalue weighted by Crippen LogP contribution is 2.37. The molecule has 10 heteroatoms. The number of rotatable bonds is 3. The number of hydrogen-bond donors (Lipinski definition) is 0. The number of carbonyl (C=O) groups is 1. The van der Waals surface area contributed by atoms with E-state index in [2.05, 4.69) is 10.1 Å². The highest BCUT2D eigenvalue weighted by Gasteiger charge is 2.52. The van der Waals surface area contributed by atoms with Crippen LogP contribution in [0.15, 0.2) is 24.5 Å². The lowest BCUT2D eigenvalue weighted by Crippen LogP contribution is -2.41. The monoisotopic (exact) mass is 434 g/mol. The first-order chi connectivity index (χ1) is 13.7. The van der Waals surface area contributed by atoms with Crippen LogP contribution in [0.4, 0.5) is 16.4 Å². The molecular formula is C20H28BClN4O4. The molecule has 30 heavy (non-hydrogen) atoms. The first kappa shape index (κ1) is 22.6. The van der Waals surface area contributed by atoms with Crippen LogP contribution in [0.5, 0.6) is 0 Å². The van der Waals surface area contributed by atoms with Crippen molar-refractivity contribution in [2.75, 3.05) is 4.90 Å². The molecule has 1 fully saturated rings. The molecule has 8 nitrogen and oxygen atoms in total. The van der Waals surface area contributed by atoms with E-state index in [1.807, 2.05) is 27.7 Å². The topological polar surface area (TPSA) is 78.7 Å². The number of aromatic nitrogens is 3. The average molecular weight is 435 g/mol. The number of anilines is 2. The summed E-state index contributed by atoms with van der Waals surface area (Å²) in [7, 11) is 1.04. The number of aryl methyl sites for hydroxylation is 1. The molecule has 1 saturated heterocycles. The standard InChI is InChI=1S/C20H28BClN4O4/c1-18(2,3)28-17(27)26(16-9-10-24-25(16)8)15-11-13(14(22)12-23-15)21-29-19(4,5)20(6,7)30-21/h9-12H,1-8H3. The Morgan fingerprint density at radius 2 is 1.83 bits per heavy atom. The highest BCUT2D eigenvalue weighted by atomic mass is 35.5. The highest BCUT2D eigenvalue weighted by molar-refractivity contribution is 6.65. The maximum atomic E-state index is 13.1. The van der Waals surface area contributed by atoms with Crippen molar-refractivity contribution in [1.29, 1.82) is 0 Å². The molecule has 3 rings (SSSR count). The number of carbonyl (C=O) groups excluding carboxylic acids is 1. The average Bonchev–Trinajstić information content (AvgIpc) is 3.08. The molecule has 0 saturated carbocycles. The second-order valence-corrected chi connectivity index (χ2v) is 9.69. The summed E-state index contributed by atoms with van der Waals surface area (Å²) >= 11 is 6.43. The number of ether oxygens (including phenoxy) is 1. The van der Waals surface area contributed by atoms with Crippen LogP contribution in [0.3, 0.4) is 0 Å². The van der Waals surface area contributed by atoms with Gasteiger partial charge in [0.25, 0.3) is 0 Å². The third-order valence-electron chi connectivity index (χ3n) is 5.21. The molecule has 2 aromatic heterocycles. The number of nitrogens with zero attached hydrogens (tertiary/aromatic N) is 4. The molecule has 0 N–H and O–H groups in total. The van der Waals surface area contributed by atoms with Crippen molar-refractivity contribution in [1.82, 2.24) is 14.8 Å². The van der Waals surface area contributed by atoms with Gasteiger partial charge in [-0.1, -0.05) is 11.6 Å². The van der Waals surface area contributed by atoms with Crippen LogP contribution < -0.4 is 10.4 Å². The molecule has 2 aromatic rings. The molecule has 162 valence electrons. The van der Waals surface area contributed by atoms with Gasteiger partial charge in [0.15, 0.2) is 0 Å². The molecule has 1 aliphatic rings. The van der Waals surface area contributed by atoms with E-state index >= 15 is 0 Å². The van der Waals surface area contributed by atoms with Crippen LogP contribution in [-0.2, 0) is 21.1 Å². The molecular weight excluding hydrogens is 407 g/mol. The Kier molecular flexibility index (Phi) is 5.68. The number of halogens is 1. The number of pyridine rings is 1. The van der Waals surface area contributed by atoms with Gasteiger partial charge in [-0.05, 0) is 54.5 Å². The van der Waals surface area contributed by atoms with Gasteiger partial charge in [-0.2, -0.15) is 5.10 Å². The van der Waals surface area contributed by atoms with Gasteiger partial charge < -0.3 is 14.0 Å². The predicted molar refractivity (Wildman–Crippen MR) is 117 cm³/mol. The molecule has 0 unspecified atom stereocenters. The lowest BCUT2D eigenvalue weighted by molar-refractivity contribution is 0.00578. The van der Waals surface area contributed by atoms with Crippen molar-refractivity contribution in [2.24, 2.45) is 7.05 Å². The van der Waals surface area contributed by atoms with Gasteiger partial charge in [0, 0.05) is 24.8 Å².